The van der Waals surface area contributed by atoms with E-state index in [0.29, 0.717) is 48.1 Å². The highest BCUT2D eigenvalue weighted by molar-refractivity contribution is 14.1. The molecule has 1 atom stereocenters. The molecular weight excluding hydrogens is 721 g/mol. The molecule has 8 nitrogen and oxygen atoms in total. The molecule has 0 aromatic heterocycles. The Hall–Kier alpha value is -2.19. The predicted octanol–water partition coefficient (Wildman–Crippen LogP) is 5.99. The molecule has 0 bridgehead atoms. The number of amides is 1. The van der Waals surface area contributed by atoms with Gasteiger partial charge >= 0.3 is 0 Å². The molecule has 0 saturated carbocycles. The topological polar surface area (TPSA) is 97.3 Å². The van der Waals surface area contributed by atoms with Crippen molar-refractivity contribution in [2.45, 2.75) is 37.3 Å². The maximum atomic E-state index is 13.1. The number of halogens is 3. The first-order valence-corrected chi connectivity index (χ1v) is 15.8. The van der Waals surface area contributed by atoms with Crippen LogP contribution in [0.5, 0.6) is 11.5 Å². The maximum Gasteiger partial charge on any atom is 0.258 e. The third kappa shape index (κ3) is 7.51. The number of rotatable bonds is 10. The summed E-state index contributed by atoms with van der Waals surface area (Å²) in [5, 5.41) is 4.53. The number of ether oxygens (including phenoxy) is 2. The molecular formula is C27H26BrClIN3O5S. The van der Waals surface area contributed by atoms with E-state index in [9.17, 15) is 13.2 Å². The second kappa shape index (κ2) is 13.4. The van der Waals surface area contributed by atoms with Crippen LogP contribution in [0.25, 0.3) is 0 Å². The van der Waals surface area contributed by atoms with E-state index < -0.39 is 22.0 Å². The zero-order valence-electron chi connectivity index (χ0n) is 20.9. The van der Waals surface area contributed by atoms with Crippen molar-refractivity contribution in [3.05, 3.63) is 84.9 Å². The Balaban J connectivity index is 1.44. The van der Waals surface area contributed by atoms with E-state index >= 15 is 0 Å². The van der Waals surface area contributed by atoms with E-state index in [2.05, 4.69) is 49.0 Å². The molecule has 39 heavy (non-hydrogen) atoms. The SMILES string of the molecule is CCOc1cc(/C=N\NC(=O)[C@@H]2CCCN2S(=O)(=O)c2ccc(Cl)cc2)cc(I)c1OCc1ccc(Br)cc1. The minimum absolute atomic E-state index is 0.0931. The minimum atomic E-state index is -3.85. The van der Waals surface area contributed by atoms with Crippen LogP contribution in [-0.4, -0.2) is 44.0 Å². The summed E-state index contributed by atoms with van der Waals surface area (Å²) in [7, 11) is -3.85. The summed E-state index contributed by atoms with van der Waals surface area (Å²) in [6.07, 6.45) is 2.48. The molecule has 1 aliphatic rings. The fourth-order valence-corrected chi connectivity index (χ4v) is 6.91. The van der Waals surface area contributed by atoms with Crippen molar-refractivity contribution in [1.29, 1.82) is 0 Å². The fourth-order valence-electron chi connectivity index (χ4n) is 4.08. The van der Waals surface area contributed by atoms with E-state index in [0.717, 1.165) is 13.6 Å². The largest absolute Gasteiger partial charge is 0.490 e. The predicted molar refractivity (Wildman–Crippen MR) is 163 cm³/mol. The second-order valence-corrected chi connectivity index (χ2v) is 13.0. The number of nitrogens with one attached hydrogen (secondary N) is 1. The summed E-state index contributed by atoms with van der Waals surface area (Å²) in [5.74, 6) is 0.691. The first-order chi connectivity index (χ1) is 18.7. The number of hydrogen-bond acceptors (Lipinski definition) is 6. The lowest BCUT2D eigenvalue weighted by molar-refractivity contribution is -0.124. The van der Waals surface area contributed by atoms with Gasteiger partial charge in [0.25, 0.3) is 5.91 Å². The number of nitrogens with zero attached hydrogens (tertiary/aromatic N) is 2. The number of hydrazone groups is 1. The van der Waals surface area contributed by atoms with Gasteiger partial charge in [-0.25, -0.2) is 13.8 Å². The molecule has 3 aromatic carbocycles. The van der Waals surface area contributed by atoms with Crippen LogP contribution in [0.2, 0.25) is 5.02 Å². The maximum absolute atomic E-state index is 13.1. The summed E-state index contributed by atoms with van der Waals surface area (Å²) >= 11 is 11.5. The van der Waals surface area contributed by atoms with Crippen LogP contribution in [0.3, 0.4) is 0 Å². The normalized spacial score (nSPS) is 15.9. The van der Waals surface area contributed by atoms with Gasteiger partial charge in [0.2, 0.25) is 10.0 Å². The average Bonchev–Trinajstić information content (AvgIpc) is 3.41. The van der Waals surface area contributed by atoms with Gasteiger partial charge in [-0.05, 0) is 102 Å². The Bertz CT molecular complexity index is 1450. The molecule has 3 aromatic rings. The highest BCUT2D eigenvalue weighted by atomic mass is 127. The molecule has 0 unspecified atom stereocenters. The fraction of sp³-hybridized carbons (Fsp3) is 0.259. The van der Waals surface area contributed by atoms with Crippen LogP contribution in [-0.2, 0) is 21.4 Å². The van der Waals surface area contributed by atoms with Crippen molar-refractivity contribution in [3.8, 4) is 11.5 Å². The van der Waals surface area contributed by atoms with Gasteiger partial charge in [-0.1, -0.05) is 39.7 Å². The summed E-state index contributed by atoms with van der Waals surface area (Å²) in [6, 6.07) is 16.6. The van der Waals surface area contributed by atoms with Crippen molar-refractivity contribution in [2.75, 3.05) is 13.2 Å². The quantitative estimate of drug-likeness (QED) is 0.156. The zero-order chi connectivity index (χ0) is 28.0. The van der Waals surface area contributed by atoms with Crippen molar-refractivity contribution >= 4 is 72.3 Å². The van der Waals surface area contributed by atoms with Crippen LogP contribution >= 0.6 is 50.1 Å². The first-order valence-electron chi connectivity index (χ1n) is 12.1. The minimum Gasteiger partial charge on any atom is -0.490 e. The van der Waals surface area contributed by atoms with Crippen LogP contribution in [0, 0.1) is 3.57 Å². The molecule has 1 heterocycles. The molecule has 1 aliphatic heterocycles. The lowest BCUT2D eigenvalue weighted by Gasteiger charge is -2.22. The molecule has 0 spiro atoms. The Labute approximate surface area is 255 Å². The van der Waals surface area contributed by atoms with Gasteiger partial charge in [0, 0.05) is 16.0 Å². The molecule has 1 N–H and O–H groups in total. The number of benzene rings is 3. The van der Waals surface area contributed by atoms with Gasteiger partial charge in [-0.3, -0.25) is 4.79 Å². The summed E-state index contributed by atoms with van der Waals surface area (Å²) in [4.78, 5) is 13.0. The number of sulfonamides is 1. The summed E-state index contributed by atoms with van der Waals surface area (Å²) in [6.45, 7) is 2.97. The van der Waals surface area contributed by atoms with Crippen molar-refractivity contribution in [2.24, 2.45) is 5.10 Å². The van der Waals surface area contributed by atoms with E-state index in [1.807, 2.05) is 37.3 Å². The molecule has 1 amide bonds. The highest BCUT2D eigenvalue weighted by Gasteiger charge is 2.39. The van der Waals surface area contributed by atoms with Crippen molar-refractivity contribution in [3.63, 3.8) is 0 Å². The Morgan fingerprint density at radius 2 is 1.90 bits per heavy atom. The summed E-state index contributed by atoms with van der Waals surface area (Å²) < 4.78 is 41.1. The molecule has 1 saturated heterocycles. The number of carbonyl (C=O) groups is 1. The van der Waals surface area contributed by atoms with Crippen LogP contribution in [0.1, 0.15) is 30.9 Å². The smallest absolute Gasteiger partial charge is 0.258 e. The van der Waals surface area contributed by atoms with Crippen LogP contribution < -0.4 is 14.9 Å². The standard InChI is InChI=1S/C27H26BrClIN3O5S/c1-2-37-25-15-19(14-23(30)26(25)38-17-18-5-7-20(28)8-6-18)16-31-32-27(34)24-4-3-13-33(24)39(35,36)22-11-9-21(29)10-12-22/h5-12,14-16,24H,2-4,13,17H2,1H3,(H,32,34)/b31-16-/t24-/m0/s1. The summed E-state index contributed by atoms with van der Waals surface area (Å²) in [5.41, 5.74) is 4.21. The Morgan fingerprint density at radius 1 is 1.18 bits per heavy atom. The number of hydrogen-bond donors (Lipinski definition) is 1. The molecule has 206 valence electrons. The van der Waals surface area contributed by atoms with Gasteiger partial charge < -0.3 is 9.47 Å². The van der Waals surface area contributed by atoms with Crippen molar-refractivity contribution in [1.82, 2.24) is 9.73 Å². The Morgan fingerprint density at radius 3 is 2.59 bits per heavy atom. The van der Waals surface area contributed by atoms with E-state index in [1.54, 1.807) is 6.07 Å². The average molecular weight is 747 g/mol. The van der Waals surface area contributed by atoms with Gasteiger partial charge in [0.1, 0.15) is 12.6 Å². The monoisotopic (exact) mass is 745 g/mol. The van der Waals surface area contributed by atoms with Gasteiger partial charge in [0.05, 0.1) is 21.3 Å². The van der Waals surface area contributed by atoms with Crippen LogP contribution in [0.15, 0.2) is 75.1 Å². The second-order valence-electron chi connectivity index (χ2n) is 8.64. The van der Waals surface area contributed by atoms with Crippen molar-refractivity contribution < 1.29 is 22.7 Å². The van der Waals surface area contributed by atoms with Crippen LogP contribution in [0.4, 0.5) is 0 Å². The van der Waals surface area contributed by atoms with E-state index in [4.69, 9.17) is 21.1 Å². The molecule has 4 rings (SSSR count). The molecule has 1 fully saturated rings. The zero-order valence-corrected chi connectivity index (χ0v) is 26.3. The number of carbonyl (C=O) groups excluding carboxylic acids is 1. The molecule has 0 radical (unpaired) electrons. The highest BCUT2D eigenvalue weighted by Crippen LogP contribution is 2.34. The Kier molecular flexibility index (Phi) is 10.3. The van der Waals surface area contributed by atoms with Gasteiger partial charge in [-0.2, -0.15) is 9.41 Å². The molecule has 12 heteroatoms. The van der Waals surface area contributed by atoms with Gasteiger partial charge in [0.15, 0.2) is 11.5 Å². The lowest BCUT2D eigenvalue weighted by atomic mass is 10.2. The molecule has 0 aliphatic carbocycles. The lowest BCUT2D eigenvalue weighted by Crippen LogP contribution is -2.44. The third-order valence-electron chi connectivity index (χ3n) is 5.94. The third-order valence-corrected chi connectivity index (χ3v) is 9.45. The first kappa shape index (κ1) is 29.8. The van der Waals surface area contributed by atoms with E-state index in [1.165, 1.54) is 34.8 Å². The van der Waals surface area contributed by atoms with Gasteiger partial charge in [-0.15, -0.1) is 0 Å². The van der Waals surface area contributed by atoms with E-state index in [-0.39, 0.29) is 11.4 Å².